The number of aromatic nitrogens is 1. The molecule has 0 aromatic carbocycles. The summed E-state index contributed by atoms with van der Waals surface area (Å²) >= 11 is 0. The van der Waals surface area contributed by atoms with Crippen LogP contribution >= 0.6 is 0 Å². The van der Waals surface area contributed by atoms with Crippen LogP contribution in [0.25, 0.3) is 0 Å². The highest BCUT2D eigenvalue weighted by Crippen LogP contribution is 2.10. The Hall–Kier alpha value is -0.760. The van der Waals surface area contributed by atoms with Crippen LogP contribution in [0.4, 0.5) is 0 Å². The van der Waals surface area contributed by atoms with Crippen LogP contribution in [-0.4, -0.2) is 23.7 Å². The van der Waals surface area contributed by atoms with Crippen molar-refractivity contribution in [2.75, 3.05) is 13.1 Å². The van der Waals surface area contributed by atoms with E-state index in [9.17, 15) is 0 Å². The summed E-state index contributed by atoms with van der Waals surface area (Å²) in [4.78, 5) is 1.79. The molecule has 1 aliphatic rings. The highest BCUT2D eigenvalue weighted by molar-refractivity contribution is 5.13. The fraction of sp³-hybridized carbons (Fsp3) is 0.692. The van der Waals surface area contributed by atoms with Crippen molar-refractivity contribution in [1.29, 1.82) is 0 Å². The summed E-state index contributed by atoms with van der Waals surface area (Å²) in [6, 6.07) is 5.31. The second-order valence-electron chi connectivity index (χ2n) is 4.83. The largest absolute Gasteiger partial charge is 0.343 e. The topological polar surface area (TPSA) is 9.37 Å². The first-order chi connectivity index (χ1) is 7.22. The van der Waals surface area contributed by atoms with Crippen molar-refractivity contribution in [2.45, 2.75) is 46.2 Å². The van der Waals surface area contributed by atoms with Crippen molar-refractivity contribution in [3.05, 3.63) is 23.5 Å². The van der Waals surface area contributed by atoms with E-state index in [4.69, 9.17) is 0 Å². The van der Waals surface area contributed by atoms with E-state index < -0.39 is 0 Å². The molecule has 2 rings (SSSR count). The zero-order valence-corrected chi connectivity index (χ0v) is 10.2. The summed E-state index contributed by atoms with van der Waals surface area (Å²) in [6.07, 6.45) is 2.81. The van der Waals surface area contributed by atoms with E-state index in [1.54, 1.807) is 4.90 Å². The molecule has 1 fully saturated rings. The third-order valence-corrected chi connectivity index (χ3v) is 3.90. The van der Waals surface area contributed by atoms with Gasteiger partial charge in [0.05, 0.1) is 19.6 Å². The van der Waals surface area contributed by atoms with Crippen LogP contribution in [0.1, 0.15) is 31.2 Å². The summed E-state index contributed by atoms with van der Waals surface area (Å²) in [5.74, 6) is 0. The molecule has 2 heterocycles. The zero-order valence-electron chi connectivity index (χ0n) is 10.2. The normalized spacial score (nSPS) is 26.1. The molecular formula is C13H23N2+. The first-order valence-electron chi connectivity index (χ1n) is 6.19. The molecule has 1 aromatic heterocycles. The van der Waals surface area contributed by atoms with E-state index in [-0.39, 0.29) is 0 Å². The van der Waals surface area contributed by atoms with Gasteiger partial charge in [-0.05, 0) is 32.9 Å². The lowest BCUT2D eigenvalue weighted by molar-refractivity contribution is -0.911. The molecule has 1 saturated heterocycles. The van der Waals surface area contributed by atoms with Crippen molar-refractivity contribution >= 4 is 0 Å². The molecule has 1 unspecified atom stereocenters. The van der Waals surface area contributed by atoms with E-state index in [0.717, 1.165) is 6.04 Å². The maximum atomic E-state index is 2.48. The van der Waals surface area contributed by atoms with E-state index >= 15 is 0 Å². The molecular weight excluding hydrogens is 184 g/mol. The Morgan fingerprint density at radius 2 is 2.00 bits per heavy atom. The third kappa shape index (κ3) is 2.10. The van der Waals surface area contributed by atoms with Gasteiger partial charge in [0, 0.05) is 24.2 Å². The number of quaternary nitrogens is 1. The maximum absolute atomic E-state index is 2.48. The van der Waals surface area contributed by atoms with Gasteiger partial charge in [-0.1, -0.05) is 0 Å². The highest BCUT2D eigenvalue weighted by atomic mass is 15.2. The first kappa shape index (κ1) is 10.7. The van der Waals surface area contributed by atoms with Crippen LogP contribution < -0.4 is 4.90 Å². The Labute approximate surface area is 92.9 Å². The number of rotatable bonds is 3. The summed E-state index contributed by atoms with van der Waals surface area (Å²) in [5.41, 5.74) is 2.82. The number of nitrogens with one attached hydrogen (secondary N) is 1. The average molecular weight is 207 g/mol. The van der Waals surface area contributed by atoms with Crippen molar-refractivity contribution in [3.63, 3.8) is 0 Å². The Morgan fingerprint density at radius 1 is 1.33 bits per heavy atom. The number of hydrogen-bond acceptors (Lipinski definition) is 0. The number of hydrogen-bond donors (Lipinski definition) is 1. The summed E-state index contributed by atoms with van der Waals surface area (Å²) in [5, 5.41) is 0. The van der Waals surface area contributed by atoms with Gasteiger partial charge in [0.15, 0.2) is 0 Å². The minimum absolute atomic E-state index is 0.847. The van der Waals surface area contributed by atoms with Gasteiger partial charge < -0.3 is 9.47 Å². The summed E-state index contributed by atoms with van der Waals surface area (Å²) in [7, 11) is 0. The molecule has 0 aliphatic carbocycles. The summed E-state index contributed by atoms with van der Waals surface area (Å²) in [6.45, 7) is 10.6. The SMILES string of the molecule is CC[NH+]1CCC[C@H]1Cn1c(C)ccc1C. The van der Waals surface area contributed by atoms with Gasteiger partial charge in [-0.3, -0.25) is 0 Å². The summed E-state index contributed by atoms with van der Waals surface area (Å²) < 4.78 is 2.48. The van der Waals surface area contributed by atoms with Gasteiger partial charge in [0.2, 0.25) is 0 Å². The Kier molecular flexibility index (Phi) is 3.15. The van der Waals surface area contributed by atoms with Crippen LogP contribution in [-0.2, 0) is 6.54 Å². The number of likely N-dealkylation sites (N-methyl/N-ethyl adjacent to an activating group) is 1. The maximum Gasteiger partial charge on any atom is 0.106 e. The molecule has 0 saturated carbocycles. The van der Waals surface area contributed by atoms with Gasteiger partial charge in [0.1, 0.15) is 6.04 Å². The van der Waals surface area contributed by atoms with Gasteiger partial charge in [0.25, 0.3) is 0 Å². The molecule has 0 radical (unpaired) electrons. The predicted octanol–water partition coefficient (Wildman–Crippen LogP) is 1.17. The molecule has 2 heteroatoms. The molecule has 1 N–H and O–H groups in total. The average Bonchev–Trinajstić information content (AvgIpc) is 2.79. The fourth-order valence-corrected chi connectivity index (χ4v) is 2.88. The van der Waals surface area contributed by atoms with Gasteiger partial charge in [-0.25, -0.2) is 0 Å². The van der Waals surface area contributed by atoms with Crippen LogP contribution in [0.15, 0.2) is 12.1 Å². The first-order valence-corrected chi connectivity index (χ1v) is 6.19. The van der Waals surface area contributed by atoms with Crippen molar-refractivity contribution in [2.24, 2.45) is 0 Å². The van der Waals surface area contributed by atoms with E-state index in [1.165, 1.54) is 43.9 Å². The van der Waals surface area contributed by atoms with E-state index in [0.29, 0.717) is 0 Å². The molecule has 2 nitrogen and oxygen atoms in total. The van der Waals surface area contributed by atoms with E-state index in [2.05, 4.69) is 37.5 Å². The number of aryl methyl sites for hydroxylation is 2. The van der Waals surface area contributed by atoms with E-state index in [1.807, 2.05) is 0 Å². The van der Waals surface area contributed by atoms with Crippen molar-refractivity contribution in [3.8, 4) is 0 Å². The second kappa shape index (κ2) is 4.40. The van der Waals surface area contributed by atoms with Crippen LogP contribution in [0, 0.1) is 13.8 Å². The molecule has 2 atom stereocenters. The zero-order chi connectivity index (χ0) is 10.8. The molecule has 1 aliphatic heterocycles. The van der Waals surface area contributed by atoms with Crippen molar-refractivity contribution in [1.82, 2.24) is 4.57 Å². The van der Waals surface area contributed by atoms with Crippen LogP contribution in [0.3, 0.4) is 0 Å². The minimum Gasteiger partial charge on any atom is -0.343 e. The lowest BCUT2D eigenvalue weighted by Crippen LogP contribution is -3.13. The Bertz CT molecular complexity index is 308. The quantitative estimate of drug-likeness (QED) is 0.762. The standard InChI is InChI=1S/C13H22N2/c1-4-14-9-5-6-13(14)10-15-11(2)7-8-12(15)3/h7-8,13H,4-6,9-10H2,1-3H3/p+1/t13-/m0/s1. The predicted molar refractivity (Wildman–Crippen MR) is 63.3 cm³/mol. The molecule has 0 amide bonds. The number of nitrogens with zero attached hydrogens (tertiary/aromatic N) is 1. The fourth-order valence-electron chi connectivity index (χ4n) is 2.88. The van der Waals surface area contributed by atoms with Crippen LogP contribution in [0.5, 0.6) is 0 Å². The lowest BCUT2D eigenvalue weighted by Gasteiger charge is -2.22. The highest BCUT2D eigenvalue weighted by Gasteiger charge is 2.27. The number of likely N-dealkylation sites (tertiary alicyclic amines) is 1. The van der Waals surface area contributed by atoms with Gasteiger partial charge in [-0.15, -0.1) is 0 Å². The monoisotopic (exact) mass is 207 g/mol. The lowest BCUT2D eigenvalue weighted by atomic mass is 10.2. The van der Waals surface area contributed by atoms with Crippen molar-refractivity contribution < 1.29 is 4.90 Å². The minimum atomic E-state index is 0.847. The third-order valence-electron chi connectivity index (χ3n) is 3.90. The Morgan fingerprint density at radius 3 is 2.60 bits per heavy atom. The second-order valence-corrected chi connectivity index (χ2v) is 4.83. The molecule has 1 aromatic rings. The molecule has 0 spiro atoms. The molecule has 15 heavy (non-hydrogen) atoms. The van der Waals surface area contributed by atoms with Gasteiger partial charge >= 0.3 is 0 Å². The van der Waals surface area contributed by atoms with Gasteiger partial charge in [-0.2, -0.15) is 0 Å². The smallest absolute Gasteiger partial charge is 0.106 e. The van der Waals surface area contributed by atoms with Crippen LogP contribution in [0.2, 0.25) is 0 Å². The molecule has 84 valence electrons. The molecule has 0 bridgehead atoms. The Balaban J connectivity index is 2.08.